The highest BCUT2D eigenvalue weighted by atomic mass is 16.5. The van der Waals surface area contributed by atoms with Crippen molar-refractivity contribution in [1.29, 1.82) is 5.26 Å². The molecule has 0 aliphatic rings. The van der Waals surface area contributed by atoms with Crippen molar-refractivity contribution in [3.8, 4) is 6.07 Å². The van der Waals surface area contributed by atoms with Gasteiger partial charge in [0.25, 0.3) is 0 Å². The minimum atomic E-state index is -0.528. The molecule has 0 aromatic carbocycles. The smallest absolute Gasteiger partial charge is 0.237 e. The zero-order valence-electron chi connectivity index (χ0n) is 9.04. The van der Waals surface area contributed by atoms with Crippen LogP contribution in [0.1, 0.15) is 26.7 Å². The van der Waals surface area contributed by atoms with Crippen LogP contribution >= 0.6 is 0 Å². The monoisotopic (exact) mass is 198 g/mol. The predicted octanol–water partition coefficient (Wildman–Crippen LogP) is 1.08. The Morgan fingerprint density at radius 2 is 2.29 bits per heavy atom. The Morgan fingerprint density at radius 3 is 2.71 bits per heavy atom. The molecule has 0 saturated carbocycles. The predicted molar refractivity (Wildman–Crippen MR) is 53.5 cm³/mol. The van der Waals surface area contributed by atoms with E-state index in [2.05, 4.69) is 5.32 Å². The number of nitrogens with one attached hydrogen (secondary N) is 1. The summed E-state index contributed by atoms with van der Waals surface area (Å²) < 4.78 is 4.89. The number of rotatable bonds is 6. The lowest BCUT2D eigenvalue weighted by Crippen LogP contribution is -2.37. The lowest BCUT2D eigenvalue weighted by atomic mass is 10.1. The first kappa shape index (κ1) is 12.9. The third-order valence-electron chi connectivity index (χ3n) is 2.02. The SMILES string of the molecule is CCC(C#N)C(=O)NC(C)CCOC. The molecule has 0 aromatic rings. The minimum Gasteiger partial charge on any atom is -0.385 e. The Kier molecular flexibility index (Phi) is 6.77. The van der Waals surface area contributed by atoms with E-state index in [9.17, 15) is 4.79 Å². The number of hydrogen-bond acceptors (Lipinski definition) is 3. The van der Waals surface area contributed by atoms with Crippen molar-refractivity contribution in [2.24, 2.45) is 5.92 Å². The minimum absolute atomic E-state index is 0.0600. The lowest BCUT2D eigenvalue weighted by Gasteiger charge is -2.14. The Hall–Kier alpha value is -1.08. The Balaban J connectivity index is 3.87. The summed E-state index contributed by atoms with van der Waals surface area (Å²) in [5, 5.41) is 11.4. The molecule has 14 heavy (non-hydrogen) atoms. The maximum Gasteiger partial charge on any atom is 0.237 e. The first-order chi connectivity index (χ1) is 6.65. The van der Waals surface area contributed by atoms with E-state index >= 15 is 0 Å². The van der Waals surface area contributed by atoms with E-state index in [1.54, 1.807) is 7.11 Å². The number of nitriles is 1. The van der Waals surface area contributed by atoms with Gasteiger partial charge in [0.1, 0.15) is 5.92 Å². The Labute approximate surface area is 85.2 Å². The molecule has 0 rings (SSSR count). The highest BCUT2D eigenvalue weighted by Gasteiger charge is 2.16. The first-order valence-electron chi connectivity index (χ1n) is 4.84. The van der Waals surface area contributed by atoms with Gasteiger partial charge in [0, 0.05) is 19.8 Å². The van der Waals surface area contributed by atoms with Crippen LogP contribution < -0.4 is 5.32 Å². The molecule has 4 heteroatoms. The fraction of sp³-hybridized carbons (Fsp3) is 0.800. The summed E-state index contributed by atoms with van der Waals surface area (Å²) in [6.07, 6.45) is 1.32. The topological polar surface area (TPSA) is 62.1 Å². The van der Waals surface area contributed by atoms with Crippen molar-refractivity contribution in [2.45, 2.75) is 32.7 Å². The van der Waals surface area contributed by atoms with Gasteiger partial charge in [-0.25, -0.2) is 0 Å². The average Bonchev–Trinajstić information content (AvgIpc) is 2.16. The summed E-state index contributed by atoms with van der Waals surface area (Å²) in [6.45, 7) is 4.35. The molecule has 0 aromatic heterocycles. The van der Waals surface area contributed by atoms with Crippen LogP contribution in [0, 0.1) is 17.2 Å². The zero-order valence-corrected chi connectivity index (χ0v) is 9.04. The summed E-state index contributed by atoms with van der Waals surface area (Å²) in [6, 6.07) is 2.03. The molecule has 0 heterocycles. The molecule has 0 radical (unpaired) electrons. The number of methoxy groups -OCH3 is 1. The molecular weight excluding hydrogens is 180 g/mol. The van der Waals surface area contributed by atoms with Gasteiger partial charge in [-0.15, -0.1) is 0 Å². The fourth-order valence-electron chi connectivity index (χ4n) is 1.05. The Morgan fingerprint density at radius 1 is 1.64 bits per heavy atom. The van der Waals surface area contributed by atoms with Crippen molar-refractivity contribution in [3.63, 3.8) is 0 Å². The van der Waals surface area contributed by atoms with E-state index in [0.717, 1.165) is 6.42 Å². The van der Waals surface area contributed by atoms with Crippen LogP contribution in [0.3, 0.4) is 0 Å². The number of carbonyl (C=O) groups is 1. The third-order valence-corrected chi connectivity index (χ3v) is 2.02. The van der Waals surface area contributed by atoms with Crippen LogP contribution in [-0.4, -0.2) is 25.7 Å². The summed E-state index contributed by atoms with van der Waals surface area (Å²) in [4.78, 5) is 11.4. The van der Waals surface area contributed by atoms with Gasteiger partial charge in [-0.1, -0.05) is 6.92 Å². The van der Waals surface area contributed by atoms with Crippen LogP contribution in [0.15, 0.2) is 0 Å². The number of hydrogen-bond donors (Lipinski definition) is 1. The first-order valence-corrected chi connectivity index (χ1v) is 4.84. The standard InChI is InChI=1S/C10H18N2O2/c1-4-9(7-11)10(13)12-8(2)5-6-14-3/h8-9H,4-6H2,1-3H3,(H,12,13). The average molecular weight is 198 g/mol. The number of amides is 1. The number of carbonyl (C=O) groups excluding carboxylic acids is 1. The van der Waals surface area contributed by atoms with Crippen molar-refractivity contribution in [1.82, 2.24) is 5.32 Å². The molecule has 2 unspecified atom stereocenters. The Bertz CT molecular complexity index is 211. The van der Waals surface area contributed by atoms with E-state index in [4.69, 9.17) is 10.00 Å². The van der Waals surface area contributed by atoms with Gasteiger partial charge in [-0.3, -0.25) is 4.79 Å². The highest BCUT2D eigenvalue weighted by Crippen LogP contribution is 2.01. The second-order valence-electron chi connectivity index (χ2n) is 3.28. The molecule has 0 spiro atoms. The molecule has 1 amide bonds. The number of ether oxygens (including phenoxy) is 1. The van der Waals surface area contributed by atoms with Crippen LogP contribution in [0.25, 0.3) is 0 Å². The molecule has 0 bridgehead atoms. The molecule has 80 valence electrons. The second kappa shape index (κ2) is 7.34. The summed E-state index contributed by atoms with van der Waals surface area (Å²) in [7, 11) is 1.62. The van der Waals surface area contributed by atoms with Gasteiger partial charge in [-0.2, -0.15) is 5.26 Å². The molecule has 0 fully saturated rings. The lowest BCUT2D eigenvalue weighted by molar-refractivity contribution is -0.124. The molecule has 2 atom stereocenters. The quantitative estimate of drug-likeness (QED) is 0.694. The second-order valence-corrected chi connectivity index (χ2v) is 3.28. The molecule has 1 N–H and O–H groups in total. The van der Waals surface area contributed by atoms with Crippen molar-refractivity contribution in [2.75, 3.05) is 13.7 Å². The van der Waals surface area contributed by atoms with E-state index in [0.29, 0.717) is 13.0 Å². The zero-order chi connectivity index (χ0) is 11.0. The summed E-state index contributed by atoms with van der Waals surface area (Å²) in [5.41, 5.74) is 0. The van der Waals surface area contributed by atoms with Crippen LogP contribution in [-0.2, 0) is 9.53 Å². The van der Waals surface area contributed by atoms with E-state index < -0.39 is 5.92 Å². The molecule has 0 saturated heterocycles. The molecule has 0 aliphatic heterocycles. The van der Waals surface area contributed by atoms with Gasteiger partial charge >= 0.3 is 0 Å². The van der Waals surface area contributed by atoms with E-state index in [1.807, 2.05) is 19.9 Å². The van der Waals surface area contributed by atoms with Gasteiger partial charge in [0.15, 0.2) is 0 Å². The van der Waals surface area contributed by atoms with Gasteiger partial charge in [0.2, 0.25) is 5.91 Å². The molecular formula is C10H18N2O2. The third kappa shape index (κ3) is 4.83. The van der Waals surface area contributed by atoms with Crippen LogP contribution in [0.4, 0.5) is 0 Å². The van der Waals surface area contributed by atoms with Gasteiger partial charge in [-0.05, 0) is 19.8 Å². The normalized spacial score (nSPS) is 14.1. The summed E-state index contributed by atoms with van der Waals surface area (Å²) >= 11 is 0. The van der Waals surface area contributed by atoms with E-state index in [1.165, 1.54) is 0 Å². The maximum absolute atomic E-state index is 11.4. The largest absolute Gasteiger partial charge is 0.385 e. The van der Waals surface area contributed by atoms with Crippen LogP contribution in [0.5, 0.6) is 0 Å². The van der Waals surface area contributed by atoms with Gasteiger partial charge < -0.3 is 10.1 Å². The summed E-state index contributed by atoms with van der Waals surface area (Å²) in [5.74, 6) is -0.710. The molecule has 0 aliphatic carbocycles. The number of nitrogens with zero attached hydrogens (tertiary/aromatic N) is 1. The highest BCUT2D eigenvalue weighted by molar-refractivity contribution is 5.81. The van der Waals surface area contributed by atoms with Crippen LogP contribution in [0.2, 0.25) is 0 Å². The van der Waals surface area contributed by atoms with Crippen molar-refractivity contribution in [3.05, 3.63) is 0 Å². The van der Waals surface area contributed by atoms with Gasteiger partial charge in [0.05, 0.1) is 6.07 Å². The fourth-order valence-corrected chi connectivity index (χ4v) is 1.05. The van der Waals surface area contributed by atoms with E-state index in [-0.39, 0.29) is 11.9 Å². The van der Waals surface area contributed by atoms with Crippen molar-refractivity contribution < 1.29 is 9.53 Å². The molecule has 4 nitrogen and oxygen atoms in total. The maximum atomic E-state index is 11.4. The van der Waals surface area contributed by atoms with Crippen molar-refractivity contribution >= 4 is 5.91 Å².